The van der Waals surface area contributed by atoms with Gasteiger partial charge in [-0.05, 0) is 25.7 Å². The number of rotatable bonds is 5. The van der Waals surface area contributed by atoms with Gasteiger partial charge in [-0.2, -0.15) is 0 Å². The van der Waals surface area contributed by atoms with Crippen molar-refractivity contribution >= 4 is 5.78 Å². The van der Waals surface area contributed by atoms with Gasteiger partial charge in [-0.1, -0.05) is 13.8 Å². The largest absolute Gasteiger partial charge is 0.381 e. The van der Waals surface area contributed by atoms with E-state index in [0.717, 1.165) is 25.7 Å². The first-order chi connectivity index (χ1) is 7.13. The van der Waals surface area contributed by atoms with E-state index in [0.29, 0.717) is 6.10 Å². The first kappa shape index (κ1) is 12.7. The molecule has 0 saturated heterocycles. The van der Waals surface area contributed by atoms with E-state index >= 15 is 0 Å². The van der Waals surface area contributed by atoms with Gasteiger partial charge in [0.05, 0.1) is 12.2 Å². The summed E-state index contributed by atoms with van der Waals surface area (Å²) in [5, 5.41) is 0. The van der Waals surface area contributed by atoms with Crippen molar-refractivity contribution in [1.29, 1.82) is 0 Å². The van der Waals surface area contributed by atoms with Crippen LogP contribution < -0.4 is 0 Å². The number of Topliss-reactive ketones (excluding diaryl/α,β-unsaturated/α-hetero) is 1. The topological polar surface area (TPSA) is 35.5 Å². The molecule has 2 unspecified atom stereocenters. The molecule has 0 spiro atoms. The van der Waals surface area contributed by atoms with Gasteiger partial charge < -0.3 is 9.47 Å². The zero-order chi connectivity index (χ0) is 11.3. The van der Waals surface area contributed by atoms with Crippen molar-refractivity contribution in [2.24, 2.45) is 5.92 Å². The minimum atomic E-state index is 0.0758. The lowest BCUT2D eigenvalue weighted by Crippen LogP contribution is -2.29. The van der Waals surface area contributed by atoms with Crippen LogP contribution in [0.2, 0.25) is 0 Å². The number of hydrogen-bond donors (Lipinski definition) is 0. The van der Waals surface area contributed by atoms with Crippen molar-refractivity contribution in [2.45, 2.75) is 51.7 Å². The molecule has 0 amide bonds. The Labute approximate surface area is 92.1 Å². The van der Waals surface area contributed by atoms with Crippen molar-refractivity contribution < 1.29 is 14.3 Å². The molecule has 88 valence electrons. The number of carbonyl (C=O) groups is 1. The summed E-state index contributed by atoms with van der Waals surface area (Å²) in [5.74, 6) is 0.265. The predicted octanol–water partition coefficient (Wildman–Crippen LogP) is 2.19. The highest BCUT2D eigenvalue weighted by Gasteiger charge is 2.23. The molecular weight excluding hydrogens is 192 g/mol. The Hall–Kier alpha value is -0.410. The van der Waals surface area contributed by atoms with Crippen LogP contribution in [0.5, 0.6) is 0 Å². The van der Waals surface area contributed by atoms with Crippen LogP contribution in [0.4, 0.5) is 0 Å². The van der Waals surface area contributed by atoms with E-state index in [9.17, 15) is 4.79 Å². The normalized spacial score (nSPS) is 26.9. The van der Waals surface area contributed by atoms with Crippen LogP contribution in [0.3, 0.4) is 0 Å². The number of carbonyl (C=O) groups excluding carboxylic acids is 1. The van der Waals surface area contributed by atoms with Gasteiger partial charge >= 0.3 is 0 Å². The molecule has 0 heterocycles. The molecule has 1 aliphatic rings. The maximum absolute atomic E-state index is 11.4. The third kappa shape index (κ3) is 4.31. The zero-order valence-corrected chi connectivity index (χ0v) is 9.99. The maximum Gasteiger partial charge on any atom is 0.160 e. The highest BCUT2D eigenvalue weighted by molar-refractivity contribution is 5.81. The van der Waals surface area contributed by atoms with Gasteiger partial charge in [-0.15, -0.1) is 0 Å². The van der Waals surface area contributed by atoms with Crippen LogP contribution in [-0.4, -0.2) is 31.7 Å². The quantitative estimate of drug-likeness (QED) is 0.703. The van der Waals surface area contributed by atoms with Crippen LogP contribution in [0, 0.1) is 5.92 Å². The summed E-state index contributed by atoms with van der Waals surface area (Å²) >= 11 is 0. The van der Waals surface area contributed by atoms with Gasteiger partial charge in [0.15, 0.2) is 5.78 Å². The predicted molar refractivity (Wildman–Crippen MR) is 58.9 cm³/mol. The summed E-state index contributed by atoms with van der Waals surface area (Å²) in [7, 11) is 1.74. The lowest BCUT2D eigenvalue weighted by Gasteiger charge is -2.28. The second-order valence-electron chi connectivity index (χ2n) is 4.58. The minimum Gasteiger partial charge on any atom is -0.381 e. The molecule has 0 bridgehead atoms. The molecule has 0 aliphatic heterocycles. The van der Waals surface area contributed by atoms with Crippen LogP contribution in [0.25, 0.3) is 0 Å². The summed E-state index contributed by atoms with van der Waals surface area (Å²) in [4.78, 5) is 11.4. The molecule has 0 aromatic rings. The molecule has 1 rings (SSSR count). The van der Waals surface area contributed by atoms with Gasteiger partial charge in [0, 0.05) is 13.0 Å². The Bertz CT molecular complexity index is 201. The number of ketones is 1. The average Bonchev–Trinajstić information content (AvgIpc) is 2.26. The molecular formula is C12H22O3. The fourth-order valence-corrected chi connectivity index (χ4v) is 1.83. The highest BCUT2D eigenvalue weighted by Crippen LogP contribution is 2.23. The number of methoxy groups -OCH3 is 1. The zero-order valence-electron chi connectivity index (χ0n) is 9.99. The Kier molecular flexibility index (Phi) is 5.26. The monoisotopic (exact) mass is 214 g/mol. The van der Waals surface area contributed by atoms with E-state index in [2.05, 4.69) is 0 Å². The SMILES string of the molecule is COC1CCCC(OCC(=O)C(C)C)C1. The molecule has 0 aromatic heterocycles. The molecule has 1 saturated carbocycles. The van der Waals surface area contributed by atoms with Crippen molar-refractivity contribution in [3.63, 3.8) is 0 Å². The van der Waals surface area contributed by atoms with Crippen molar-refractivity contribution in [2.75, 3.05) is 13.7 Å². The van der Waals surface area contributed by atoms with Crippen LogP contribution in [-0.2, 0) is 14.3 Å². The lowest BCUT2D eigenvalue weighted by molar-refractivity contribution is -0.130. The third-order valence-corrected chi connectivity index (χ3v) is 3.02. The third-order valence-electron chi connectivity index (χ3n) is 3.02. The molecule has 15 heavy (non-hydrogen) atoms. The molecule has 3 nitrogen and oxygen atoms in total. The van der Waals surface area contributed by atoms with Crippen molar-refractivity contribution in [3.8, 4) is 0 Å². The Morgan fingerprint density at radius 3 is 2.60 bits per heavy atom. The van der Waals surface area contributed by atoms with Gasteiger partial charge in [0.25, 0.3) is 0 Å². The smallest absolute Gasteiger partial charge is 0.160 e. The van der Waals surface area contributed by atoms with E-state index in [1.165, 1.54) is 0 Å². The van der Waals surface area contributed by atoms with E-state index in [4.69, 9.17) is 9.47 Å². The standard InChI is InChI=1S/C12H22O3/c1-9(2)12(13)8-15-11-6-4-5-10(7-11)14-3/h9-11H,4-8H2,1-3H3. The van der Waals surface area contributed by atoms with Crippen molar-refractivity contribution in [3.05, 3.63) is 0 Å². The Balaban J connectivity index is 2.23. The summed E-state index contributed by atoms with van der Waals surface area (Å²) < 4.78 is 10.9. The fourth-order valence-electron chi connectivity index (χ4n) is 1.83. The van der Waals surface area contributed by atoms with E-state index in [-0.39, 0.29) is 24.4 Å². The summed E-state index contributed by atoms with van der Waals surface area (Å²) in [6, 6.07) is 0. The van der Waals surface area contributed by atoms with Crippen molar-refractivity contribution in [1.82, 2.24) is 0 Å². The minimum absolute atomic E-state index is 0.0758. The second-order valence-corrected chi connectivity index (χ2v) is 4.58. The molecule has 1 fully saturated rings. The first-order valence-electron chi connectivity index (χ1n) is 5.80. The van der Waals surface area contributed by atoms with Gasteiger partial charge in [-0.25, -0.2) is 0 Å². The maximum atomic E-state index is 11.4. The van der Waals surface area contributed by atoms with Crippen LogP contribution in [0.1, 0.15) is 39.5 Å². The van der Waals surface area contributed by atoms with Crippen LogP contribution >= 0.6 is 0 Å². The van der Waals surface area contributed by atoms with E-state index in [1.807, 2.05) is 13.8 Å². The molecule has 0 N–H and O–H groups in total. The lowest BCUT2D eigenvalue weighted by atomic mass is 9.95. The Morgan fingerprint density at radius 2 is 2.00 bits per heavy atom. The second kappa shape index (κ2) is 6.23. The van der Waals surface area contributed by atoms with Gasteiger partial charge in [0.2, 0.25) is 0 Å². The molecule has 1 aliphatic carbocycles. The molecule has 2 atom stereocenters. The summed E-state index contributed by atoms with van der Waals surface area (Å²) in [6.07, 6.45) is 4.78. The van der Waals surface area contributed by atoms with Crippen LogP contribution in [0.15, 0.2) is 0 Å². The van der Waals surface area contributed by atoms with E-state index < -0.39 is 0 Å². The summed E-state index contributed by atoms with van der Waals surface area (Å²) in [5.41, 5.74) is 0. The Morgan fingerprint density at radius 1 is 1.33 bits per heavy atom. The fraction of sp³-hybridized carbons (Fsp3) is 0.917. The van der Waals surface area contributed by atoms with E-state index in [1.54, 1.807) is 7.11 Å². The number of ether oxygens (including phenoxy) is 2. The number of hydrogen-bond acceptors (Lipinski definition) is 3. The summed E-state index contributed by atoms with van der Waals surface area (Å²) in [6.45, 7) is 4.08. The molecule has 0 aromatic carbocycles. The average molecular weight is 214 g/mol. The van der Waals surface area contributed by atoms with Gasteiger partial charge in [-0.3, -0.25) is 4.79 Å². The molecule has 3 heteroatoms. The first-order valence-corrected chi connectivity index (χ1v) is 5.80. The molecule has 0 radical (unpaired) electrons. The highest BCUT2D eigenvalue weighted by atomic mass is 16.5. The van der Waals surface area contributed by atoms with Gasteiger partial charge in [0.1, 0.15) is 6.61 Å².